The number of nitrogens with one attached hydrogen (secondary N) is 1. The molecule has 1 atom stereocenters. The normalized spacial score (nSPS) is 18.6. The van der Waals surface area contributed by atoms with E-state index in [1.165, 1.54) is 0 Å². The van der Waals surface area contributed by atoms with E-state index in [0.717, 1.165) is 31.6 Å². The summed E-state index contributed by atoms with van der Waals surface area (Å²) in [6.07, 6.45) is 4.64. The van der Waals surface area contributed by atoms with Crippen molar-refractivity contribution >= 4 is 23.2 Å². The number of nitrogens with zero attached hydrogens (tertiary/aromatic N) is 1. The molecule has 1 amide bonds. The number of hydrogen-bond donors (Lipinski definition) is 1. The minimum atomic E-state index is -0.161. The minimum Gasteiger partial charge on any atom is -0.490 e. The number of hydrogen-bond acceptors (Lipinski definition) is 6. The van der Waals surface area contributed by atoms with Crippen LogP contribution in [0.2, 0.25) is 5.02 Å². The van der Waals surface area contributed by atoms with E-state index in [1.54, 1.807) is 18.4 Å². The first-order valence-electron chi connectivity index (χ1n) is 9.93. The van der Waals surface area contributed by atoms with E-state index < -0.39 is 0 Å². The first kappa shape index (κ1) is 20.1. The van der Waals surface area contributed by atoms with Crippen LogP contribution in [0, 0.1) is 0 Å². The van der Waals surface area contributed by atoms with E-state index in [4.69, 9.17) is 30.2 Å². The van der Waals surface area contributed by atoms with Crippen LogP contribution in [-0.4, -0.2) is 49.8 Å². The van der Waals surface area contributed by atoms with Crippen LogP contribution < -0.4 is 14.8 Å². The summed E-state index contributed by atoms with van der Waals surface area (Å²) in [4.78, 5) is 14.8. The number of carbonyl (C=O) groups excluding carboxylic acids is 1. The quantitative estimate of drug-likeness (QED) is 0.736. The highest BCUT2D eigenvalue weighted by molar-refractivity contribution is 6.34. The zero-order chi connectivity index (χ0) is 20.1. The molecule has 1 saturated heterocycles. The van der Waals surface area contributed by atoms with Gasteiger partial charge in [-0.15, -0.1) is 0 Å². The van der Waals surface area contributed by atoms with Crippen molar-refractivity contribution in [3.8, 4) is 11.5 Å². The van der Waals surface area contributed by atoms with Crippen molar-refractivity contribution in [2.75, 3.05) is 38.2 Å². The van der Waals surface area contributed by atoms with Crippen molar-refractivity contribution in [2.45, 2.75) is 31.9 Å². The highest BCUT2D eigenvalue weighted by atomic mass is 35.5. The van der Waals surface area contributed by atoms with Gasteiger partial charge in [-0.05, 0) is 25.0 Å². The van der Waals surface area contributed by atoms with Crippen LogP contribution in [0.15, 0.2) is 34.9 Å². The lowest BCUT2D eigenvalue weighted by atomic mass is 10.2. The van der Waals surface area contributed by atoms with Crippen LogP contribution in [0.3, 0.4) is 0 Å². The Kier molecular flexibility index (Phi) is 6.59. The third-order valence-electron chi connectivity index (χ3n) is 4.92. The first-order valence-corrected chi connectivity index (χ1v) is 10.3. The third kappa shape index (κ3) is 5.44. The molecule has 0 saturated carbocycles. The van der Waals surface area contributed by atoms with Crippen LogP contribution in [0.25, 0.3) is 0 Å². The Morgan fingerprint density at radius 2 is 2.00 bits per heavy atom. The Bertz CT molecular complexity index is 821. The summed E-state index contributed by atoms with van der Waals surface area (Å²) >= 11 is 6.35. The van der Waals surface area contributed by atoms with Crippen LogP contribution >= 0.6 is 11.6 Å². The number of furan rings is 1. The zero-order valence-electron chi connectivity index (χ0n) is 16.2. The minimum absolute atomic E-state index is 0.138. The Hall–Kier alpha value is -2.22. The molecule has 1 aromatic carbocycles. The number of benzene rings is 1. The summed E-state index contributed by atoms with van der Waals surface area (Å²) in [5.74, 6) is 1.84. The van der Waals surface area contributed by atoms with Gasteiger partial charge in [-0.25, -0.2) is 0 Å². The monoisotopic (exact) mass is 420 g/mol. The number of amides is 1. The molecule has 0 aliphatic carbocycles. The summed E-state index contributed by atoms with van der Waals surface area (Å²) in [6, 6.07) is 7.15. The lowest BCUT2D eigenvalue weighted by Gasteiger charge is -2.24. The van der Waals surface area contributed by atoms with Gasteiger partial charge in [-0.2, -0.15) is 0 Å². The van der Waals surface area contributed by atoms with E-state index in [2.05, 4.69) is 5.32 Å². The van der Waals surface area contributed by atoms with Gasteiger partial charge in [0.1, 0.15) is 5.76 Å². The van der Waals surface area contributed by atoms with E-state index in [0.29, 0.717) is 48.5 Å². The number of fused-ring (bicyclic) bond motifs is 1. The summed E-state index contributed by atoms with van der Waals surface area (Å²) in [5, 5.41) is 3.31. The van der Waals surface area contributed by atoms with E-state index in [-0.39, 0.29) is 18.6 Å². The van der Waals surface area contributed by atoms with Crippen molar-refractivity contribution in [3.63, 3.8) is 0 Å². The molecule has 0 radical (unpaired) electrons. The molecule has 7 nitrogen and oxygen atoms in total. The fraction of sp³-hybridized carbons (Fsp3) is 0.476. The Morgan fingerprint density at radius 3 is 2.72 bits per heavy atom. The molecule has 29 heavy (non-hydrogen) atoms. The van der Waals surface area contributed by atoms with E-state index in [1.807, 2.05) is 17.0 Å². The summed E-state index contributed by atoms with van der Waals surface area (Å²) in [5.41, 5.74) is 0.510. The van der Waals surface area contributed by atoms with Crippen molar-refractivity contribution in [1.82, 2.24) is 4.90 Å². The average Bonchev–Trinajstić information content (AvgIpc) is 3.34. The fourth-order valence-corrected chi connectivity index (χ4v) is 3.76. The maximum absolute atomic E-state index is 12.8. The van der Waals surface area contributed by atoms with Crippen molar-refractivity contribution in [2.24, 2.45) is 0 Å². The molecule has 3 heterocycles. The van der Waals surface area contributed by atoms with E-state index in [9.17, 15) is 4.79 Å². The molecule has 2 aromatic rings. The van der Waals surface area contributed by atoms with Crippen molar-refractivity contribution in [1.29, 1.82) is 0 Å². The van der Waals surface area contributed by atoms with Crippen molar-refractivity contribution < 1.29 is 23.4 Å². The summed E-state index contributed by atoms with van der Waals surface area (Å²) in [6.45, 7) is 3.34. The zero-order valence-corrected chi connectivity index (χ0v) is 17.0. The highest BCUT2D eigenvalue weighted by Gasteiger charge is 2.22. The molecule has 2 aliphatic heterocycles. The smallest absolute Gasteiger partial charge is 0.238 e. The Morgan fingerprint density at radius 1 is 1.17 bits per heavy atom. The van der Waals surface area contributed by atoms with Gasteiger partial charge in [0.2, 0.25) is 5.91 Å². The number of rotatable bonds is 7. The van der Waals surface area contributed by atoms with Gasteiger partial charge in [0, 0.05) is 31.7 Å². The van der Waals surface area contributed by atoms with Gasteiger partial charge in [0.05, 0.1) is 49.4 Å². The first-order chi connectivity index (χ1) is 14.2. The molecular weight excluding hydrogens is 396 g/mol. The van der Waals surface area contributed by atoms with Gasteiger partial charge in [0.25, 0.3) is 0 Å². The molecule has 1 aromatic heterocycles. The fourth-order valence-electron chi connectivity index (χ4n) is 3.56. The predicted molar refractivity (Wildman–Crippen MR) is 109 cm³/mol. The SMILES string of the molecule is O=C(CN(Cc1ccco1)CC1CCCO1)Nc1cc2c(cc1Cl)OCCCO2. The second-order valence-corrected chi connectivity index (χ2v) is 7.67. The van der Waals surface area contributed by atoms with Gasteiger partial charge >= 0.3 is 0 Å². The van der Waals surface area contributed by atoms with Gasteiger partial charge in [-0.3, -0.25) is 9.69 Å². The lowest BCUT2D eigenvalue weighted by Crippen LogP contribution is -2.37. The second kappa shape index (κ2) is 9.52. The molecule has 0 bridgehead atoms. The predicted octanol–water partition coefficient (Wildman–Crippen LogP) is 3.71. The summed E-state index contributed by atoms with van der Waals surface area (Å²) < 4.78 is 22.5. The maximum atomic E-state index is 12.8. The molecule has 8 heteroatoms. The molecule has 1 fully saturated rings. The second-order valence-electron chi connectivity index (χ2n) is 7.26. The molecule has 156 valence electrons. The third-order valence-corrected chi connectivity index (χ3v) is 5.24. The van der Waals surface area contributed by atoms with Crippen LogP contribution in [0.5, 0.6) is 11.5 Å². The Labute approximate surface area is 174 Å². The van der Waals surface area contributed by atoms with Gasteiger partial charge in [0.15, 0.2) is 11.5 Å². The maximum Gasteiger partial charge on any atom is 0.238 e. The number of anilines is 1. The lowest BCUT2D eigenvalue weighted by molar-refractivity contribution is -0.117. The largest absolute Gasteiger partial charge is 0.490 e. The van der Waals surface area contributed by atoms with Crippen LogP contribution in [0.4, 0.5) is 5.69 Å². The molecule has 4 rings (SSSR count). The molecular formula is C21H25ClN2O5. The van der Waals surface area contributed by atoms with Crippen molar-refractivity contribution in [3.05, 3.63) is 41.3 Å². The van der Waals surface area contributed by atoms with Crippen LogP contribution in [-0.2, 0) is 16.1 Å². The topological polar surface area (TPSA) is 73.2 Å². The summed E-state index contributed by atoms with van der Waals surface area (Å²) in [7, 11) is 0. The number of ether oxygens (including phenoxy) is 3. The molecule has 1 unspecified atom stereocenters. The van der Waals surface area contributed by atoms with Gasteiger partial charge in [-0.1, -0.05) is 11.6 Å². The van der Waals surface area contributed by atoms with E-state index >= 15 is 0 Å². The number of halogens is 1. The average molecular weight is 421 g/mol. The molecule has 0 spiro atoms. The number of carbonyl (C=O) groups is 1. The molecule has 2 aliphatic rings. The molecule has 1 N–H and O–H groups in total. The standard InChI is InChI=1S/C21H25ClN2O5/c22-17-10-19-20(29-9-3-8-28-19)11-18(17)23-21(25)14-24(12-15-4-1-6-26-15)13-16-5-2-7-27-16/h1,4,6,10-11,16H,2-3,5,7-9,12-14H2,(H,23,25). The van der Waals surface area contributed by atoms with Gasteiger partial charge < -0.3 is 23.9 Å². The van der Waals surface area contributed by atoms with Crippen LogP contribution in [0.1, 0.15) is 25.0 Å². The highest BCUT2D eigenvalue weighted by Crippen LogP contribution is 2.37. The Balaban J connectivity index is 1.42.